The van der Waals surface area contributed by atoms with Crippen molar-refractivity contribution in [3.8, 4) is 0 Å². The third-order valence-corrected chi connectivity index (χ3v) is 6.37. The second kappa shape index (κ2) is 8.39. The van der Waals surface area contributed by atoms with E-state index in [0.29, 0.717) is 0 Å². The minimum atomic E-state index is 1.03. The van der Waals surface area contributed by atoms with Gasteiger partial charge >= 0.3 is 0 Å². The van der Waals surface area contributed by atoms with Crippen LogP contribution in [0.4, 0.5) is 0 Å². The molecule has 2 rings (SSSR count). The van der Waals surface area contributed by atoms with Crippen LogP contribution in [-0.4, -0.2) is 0 Å². The number of aryl methyl sites for hydroxylation is 2. The molecule has 0 saturated heterocycles. The number of rotatable bonds is 5. The molecule has 1 aromatic rings. The molecule has 0 unspecified atom stereocenters. The van der Waals surface area contributed by atoms with E-state index in [4.69, 9.17) is 0 Å². The Balaban J connectivity index is 1.99. The molecule has 0 saturated carbocycles. The van der Waals surface area contributed by atoms with Crippen LogP contribution in [0.15, 0.2) is 46.2 Å². The highest BCUT2D eigenvalue weighted by Crippen LogP contribution is 2.31. The summed E-state index contributed by atoms with van der Waals surface area (Å²) >= 11 is 4.21. The smallest absolute Gasteiger partial charge is 0.0162 e. The van der Waals surface area contributed by atoms with Crippen molar-refractivity contribution in [1.82, 2.24) is 0 Å². The molecule has 0 aromatic heterocycles. The number of hydrogen-bond acceptors (Lipinski definition) is 1. The van der Waals surface area contributed by atoms with Crippen LogP contribution in [0.3, 0.4) is 0 Å². The van der Waals surface area contributed by atoms with Crippen LogP contribution in [0.5, 0.6) is 0 Å². The number of benzene rings is 1. The minimum Gasteiger partial charge on any atom is -0.0985 e. The molecule has 0 bridgehead atoms. The van der Waals surface area contributed by atoms with Crippen molar-refractivity contribution in [3.63, 3.8) is 0 Å². The summed E-state index contributed by atoms with van der Waals surface area (Å²) < 4.78 is 1.35. The normalized spacial score (nSPS) is 15.6. The highest BCUT2D eigenvalue weighted by atomic mass is 127. The molecular weight excluding hydrogens is 399 g/mol. The Kier molecular flexibility index (Phi) is 6.82. The predicted octanol–water partition coefficient (Wildman–Crippen LogP) is 7.10. The third-order valence-electron chi connectivity index (χ3n) is 4.14. The summed E-state index contributed by atoms with van der Waals surface area (Å²) in [5.41, 5.74) is 7.07. The summed E-state index contributed by atoms with van der Waals surface area (Å²) in [6.07, 6.45) is 8.47. The van der Waals surface area contributed by atoms with E-state index in [2.05, 4.69) is 73.6 Å². The van der Waals surface area contributed by atoms with Crippen LogP contribution in [0.1, 0.15) is 49.3 Å². The van der Waals surface area contributed by atoms with Crippen molar-refractivity contribution in [2.45, 2.75) is 52.9 Å². The molecule has 0 fully saturated rings. The molecule has 0 nitrogen and oxygen atoms in total. The van der Waals surface area contributed by atoms with E-state index in [0.717, 1.165) is 6.42 Å². The average molecular weight is 424 g/mol. The molecule has 0 heterocycles. The van der Waals surface area contributed by atoms with Gasteiger partial charge in [0, 0.05) is 8.48 Å². The molecule has 1 aliphatic rings. The Morgan fingerprint density at radius 2 is 2.05 bits per heavy atom. The lowest BCUT2D eigenvalue weighted by molar-refractivity contribution is 0.711. The Labute approximate surface area is 153 Å². The maximum absolute atomic E-state index is 4.25. The Bertz CT molecular complexity index is 623. The monoisotopic (exact) mass is 424 g/mol. The summed E-state index contributed by atoms with van der Waals surface area (Å²) in [6, 6.07) is 4.62. The summed E-state index contributed by atoms with van der Waals surface area (Å²) in [5.74, 6) is 0. The molecule has 1 aliphatic carbocycles. The van der Waals surface area contributed by atoms with Gasteiger partial charge in [0.05, 0.1) is 0 Å². The van der Waals surface area contributed by atoms with Gasteiger partial charge in [0.25, 0.3) is 0 Å². The van der Waals surface area contributed by atoms with Gasteiger partial charge in [-0.3, -0.25) is 0 Å². The second-order valence-corrected chi connectivity index (χ2v) is 8.31. The van der Waals surface area contributed by atoms with Crippen molar-refractivity contribution in [1.29, 1.82) is 0 Å². The van der Waals surface area contributed by atoms with Gasteiger partial charge in [0.15, 0.2) is 0 Å². The van der Waals surface area contributed by atoms with E-state index in [1.807, 2.05) is 0 Å². The SMILES string of the molecule is C=C(S/C=C(\C)Cc1cc(C)c(I)cc1C)C1=CCCCC1. The number of halogens is 1. The highest BCUT2D eigenvalue weighted by molar-refractivity contribution is 14.1. The molecule has 0 atom stereocenters. The first-order chi connectivity index (χ1) is 10.5. The molecule has 118 valence electrons. The topological polar surface area (TPSA) is 0 Å². The van der Waals surface area contributed by atoms with Gasteiger partial charge in [-0.15, -0.1) is 0 Å². The molecule has 22 heavy (non-hydrogen) atoms. The minimum absolute atomic E-state index is 1.03. The molecule has 0 aliphatic heterocycles. The van der Waals surface area contributed by atoms with Gasteiger partial charge < -0.3 is 0 Å². The maximum Gasteiger partial charge on any atom is 0.0162 e. The van der Waals surface area contributed by atoms with Gasteiger partial charge in [-0.05, 0) is 109 Å². The van der Waals surface area contributed by atoms with Crippen LogP contribution < -0.4 is 0 Å². The number of thioether (sulfide) groups is 1. The van der Waals surface area contributed by atoms with Gasteiger partial charge in [-0.2, -0.15) is 0 Å². The number of hydrogen-bond donors (Lipinski definition) is 0. The Hall–Kier alpha value is -0.480. The fourth-order valence-corrected chi connectivity index (χ4v) is 4.10. The van der Waals surface area contributed by atoms with Crippen LogP contribution >= 0.6 is 34.4 Å². The zero-order valence-corrected chi connectivity index (χ0v) is 16.8. The number of allylic oxidation sites excluding steroid dienone is 3. The summed E-state index contributed by atoms with van der Waals surface area (Å²) in [6.45, 7) is 10.9. The van der Waals surface area contributed by atoms with Crippen molar-refractivity contribution in [2.75, 3.05) is 0 Å². The molecule has 2 heteroatoms. The lowest BCUT2D eigenvalue weighted by atomic mass is 10.00. The van der Waals surface area contributed by atoms with Crippen molar-refractivity contribution in [2.24, 2.45) is 0 Å². The molecule has 1 aromatic carbocycles. The van der Waals surface area contributed by atoms with Crippen molar-refractivity contribution < 1.29 is 0 Å². The Morgan fingerprint density at radius 3 is 2.73 bits per heavy atom. The predicted molar refractivity (Wildman–Crippen MR) is 109 cm³/mol. The highest BCUT2D eigenvalue weighted by Gasteiger charge is 2.07. The zero-order chi connectivity index (χ0) is 16.1. The van der Waals surface area contributed by atoms with E-state index in [1.165, 1.54) is 62.0 Å². The summed E-state index contributed by atoms with van der Waals surface area (Å²) in [4.78, 5) is 1.23. The van der Waals surface area contributed by atoms with Crippen LogP contribution in [0.25, 0.3) is 0 Å². The fraction of sp³-hybridized carbons (Fsp3) is 0.400. The molecule has 0 spiro atoms. The summed E-state index contributed by atoms with van der Waals surface area (Å²) in [7, 11) is 0. The third kappa shape index (κ3) is 5.02. The lowest BCUT2D eigenvalue weighted by Crippen LogP contribution is -1.95. The second-order valence-electron chi connectivity index (χ2n) is 6.19. The molecule has 0 radical (unpaired) electrons. The van der Waals surface area contributed by atoms with Gasteiger partial charge in [0.2, 0.25) is 0 Å². The first kappa shape index (κ1) is 17.9. The van der Waals surface area contributed by atoms with Gasteiger partial charge in [-0.25, -0.2) is 0 Å². The molecular formula is C20H25IS. The average Bonchev–Trinajstić information content (AvgIpc) is 2.51. The van der Waals surface area contributed by atoms with E-state index >= 15 is 0 Å². The zero-order valence-electron chi connectivity index (χ0n) is 13.8. The van der Waals surface area contributed by atoms with Gasteiger partial charge in [0.1, 0.15) is 0 Å². The van der Waals surface area contributed by atoms with Crippen molar-refractivity contribution >= 4 is 34.4 Å². The quantitative estimate of drug-likeness (QED) is 0.454. The van der Waals surface area contributed by atoms with Crippen molar-refractivity contribution in [3.05, 3.63) is 66.5 Å². The fourth-order valence-electron chi connectivity index (χ4n) is 2.71. The first-order valence-corrected chi connectivity index (χ1v) is 9.89. The maximum atomic E-state index is 4.25. The van der Waals surface area contributed by atoms with E-state index < -0.39 is 0 Å². The van der Waals surface area contributed by atoms with Crippen LogP contribution in [-0.2, 0) is 6.42 Å². The van der Waals surface area contributed by atoms with Crippen LogP contribution in [0.2, 0.25) is 0 Å². The van der Waals surface area contributed by atoms with E-state index in [-0.39, 0.29) is 0 Å². The van der Waals surface area contributed by atoms with Crippen LogP contribution in [0, 0.1) is 17.4 Å². The summed E-state index contributed by atoms with van der Waals surface area (Å²) in [5, 5.41) is 2.28. The van der Waals surface area contributed by atoms with E-state index in [9.17, 15) is 0 Å². The Morgan fingerprint density at radius 1 is 1.27 bits per heavy atom. The molecule has 0 amide bonds. The lowest BCUT2D eigenvalue weighted by Gasteiger charge is -2.14. The van der Waals surface area contributed by atoms with Gasteiger partial charge in [-0.1, -0.05) is 36.1 Å². The first-order valence-electron chi connectivity index (χ1n) is 7.93. The largest absolute Gasteiger partial charge is 0.0985 e. The molecule has 0 N–H and O–H groups in total. The van der Waals surface area contributed by atoms with E-state index in [1.54, 1.807) is 11.8 Å². The standard InChI is InChI=1S/C20H25IS/c1-14(10-19-11-16(3)20(21)12-15(19)2)13-22-17(4)18-8-6-5-7-9-18/h8,11-13H,4-7,9-10H2,1-3H3/b14-13+.